The van der Waals surface area contributed by atoms with Gasteiger partial charge in [-0.05, 0) is 18.6 Å². The van der Waals surface area contributed by atoms with Gasteiger partial charge < -0.3 is 29.2 Å². The average Bonchev–Trinajstić information content (AvgIpc) is 3.47. The number of ether oxygens (including phenoxy) is 2. The van der Waals surface area contributed by atoms with Gasteiger partial charge in [0.1, 0.15) is 24.6 Å². The van der Waals surface area contributed by atoms with Crippen molar-refractivity contribution in [2.75, 3.05) is 46.5 Å². The number of nitrogens with one attached hydrogen (secondary N) is 1. The molecule has 2 saturated heterocycles. The minimum absolute atomic E-state index is 0.0200. The molecule has 1 N–H and O–H groups in total. The van der Waals surface area contributed by atoms with Gasteiger partial charge in [-0.15, -0.1) is 0 Å². The number of piperazine rings is 1. The zero-order valence-electron chi connectivity index (χ0n) is 20.5. The number of pyridine rings is 1. The molecule has 0 radical (unpaired) electrons. The number of hydrogen-bond donors (Lipinski definition) is 1. The number of fused-ring (bicyclic) bond motifs is 4. The van der Waals surface area contributed by atoms with Crippen molar-refractivity contribution in [3.8, 4) is 5.88 Å². The first-order valence-electron chi connectivity index (χ1n) is 12.1. The molecule has 3 aliphatic rings. The SMILES string of the molecule is COCC(=O)N1CCN2C(=O)[C@@H]3C[C@H](CN3Cc3nccn3C)NC(=O)c3cccnc3OC[C@@H]2C1. The summed E-state index contributed by atoms with van der Waals surface area (Å²) in [5, 5.41) is 3.07. The van der Waals surface area contributed by atoms with E-state index in [-0.39, 0.29) is 42.9 Å². The molecule has 0 unspecified atom stereocenters. The van der Waals surface area contributed by atoms with Crippen molar-refractivity contribution in [1.29, 1.82) is 0 Å². The minimum Gasteiger partial charge on any atom is -0.475 e. The Morgan fingerprint density at radius 1 is 1.22 bits per heavy atom. The molecule has 0 spiro atoms. The van der Waals surface area contributed by atoms with Crippen LogP contribution in [0.25, 0.3) is 0 Å². The number of imidazole rings is 1. The molecule has 3 amide bonds. The van der Waals surface area contributed by atoms with Crippen molar-refractivity contribution >= 4 is 17.7 Å². The van der Waals surface area contributed by atoms with Crippen molar-refractivity contribution in [3.63, 3.8) is 0 Å². The Kier molecular flexibility index (Phi) is 6.88. The van der Waals surface area contributed by atoms with Gasteiger partial charge in [-0.25, -0.2) is 9.97 Å². The zero-order chi connectivity index (χ0) is 25.2. The highest BCUT2D eigenvalue weighted by Crippen LogP contribution is 2.26. The van der Waals surface area contributed by atoms with E-state index in [0.717, 1.165) is 5.82 Å². The third-order valence-corrected chi connectivity index (χ3v) is 7.10. The lowest BCUT2D eigenvalue weighted by molar-refractivity contribution is -0.148. The largest absolute Gasteiger partial charge is 0.475 e. The number of likely N-dealkylation sites (tertiary alicyclic amines) is 1. The Morgan fingerprint density at radius 3 is 2.86 bits per heavy atom. The number of amides is 3. The van der Waals surface area contributed by atoms with E-state index in [2.05, 4.69) is 20.2 Å². The normalized spacial score (nSPS) is 24.8. The Bertz CT molecular complexity index is 1140. The van der Waals surface area contributed by atoms with Gasteiger partial charge in [-0.2, -0.15) is 0 Å². The second kappa shape index (κ2) is 10.2. The number of carbonyl (C=O) groups is 3. The molecule has 192 valence electrons. The highest BCUT2D eigenvalue weighted by atomic mass is 16.5. The number of aryl methyl sites for hydroxylation is 1. The van der Waals surface area contributed by atoms with Crippen LogP contribution in [0.5, 0.6) is 5.88 Å². The summed E-state index contributed by atoms with van der Waals surface area (Å²) in [5.74, 6) is 0.600. The van der Waals surface area contributed by atoms with Crippen molar-refractivity contribution < 1.29 is 23.9 Å². The summed E-state index contributed by atoms with van der Waals surface area (Å²) in [4.78, 5) is 53.9. The van der Waals surface area contributed by atoms with Gasteiger partial charge >= 0.3 is 0 Å². The molecule has 0 saturated carbocycles. The molecule has 2 fully saturated rings. The maximum absolute atomic E-state index is 14.0. The van der Waals surface area contributed by atoms with Crippen molar-refractivity contribution in [2.45, 2.75) is 31.1 Å². The fourth-order valence-electron chi connectivity index (χ4n) is 5.21. The smallest absolute Gasteiger partial charge is 0.257 e. The third kappa shape index (κ3) is 4.78. The first-order valence-corrected chi connectivity index (χ1v) is 12.1. The lowest BCUT2D eigenvalue weighted by atomic mass is 10.1. The first-order chi connectivity index (χ1) is 17.4. The van der Waals surface area contributed by atoms with Crippen molar-refractivity contribution in [1.82, 2.24) is 34.6 Å². The fourth-order valence-corrected chi connectivity index (χ4v) is 5.21. The topological polar surface area (TPSA) is 122 Å². The molecule has 3 atom stereocenters. The van der Waals surface area contributed by atoms with E-state index < -0.39 is 12.1 Å². The van der Waals surface area contributed by atoms with Gasteiger partial charge in [0.2, 0.25) is 17.7 Å². The molecule has 36 heavy (non-hydrogen) atoms. The molecule has 2 bridgehead atoms. The van der Waals surface area contributed by atoms with E-state index in [9.17, 15) is 14.4 Å². The molecule has 5 heterocycles. The van der Waals surface area contributed by atoms with Crippen LogP contribution < -0.4 is 10.1 Å². The average molecular weight is 498 g/mol. The van der Waals surface area contributed by atoms with Crippen LogP contribution in [0.2, 0.25) is 0 Å². The summed E-state index contributed by atoms with van der Waals surface area (Å²) in [6, 6.07) is 2.34. The third-order valence-electron chi connectivity index (χ3n) is 7.10. The minimum atomic E-state index is -0.427. The van der Waals surface area contributed by atoms with E-state index in [4.69, 9.17) is 9.47 Å². The number of carbonyl (C=O) groups excluding carboxylic acids is 3. The van der Waals surface area contributed by atoms with E-state index in [0.29, 0.717) is 44.7 Å². The van der Waals surface area contributed by atoms with Gasteiger partial charge in [0.25, 0.3) is 5.91 Å². The Balaban J connectivity index is 1.46. The second-order valence-corrected chi connectivity index (χ2v) is 9.43. The van der Waals surface area contributed by atoms with Gasteiger partial charge in [0.15, 0.2) is 0 Å². The van der Waals surface area contributed by atoms with Crippen LogP contribution in [-0.2, 0) is 27.9 Å². The molecule has 3 aliphatic heterocycles. The molecule has 2 aromatic heterocycles. The number of aromatic nitrogens is 3. The van der Waals surface area contributed by atoms with E-state index in [1.54, 1.807) is 29.4 Å². The summed E-state index contributed by atoms with van der Waals surface area (Å²) in [7, 11) is 3.40. The predicted molar refractivity (Wildman–Crippen MR) is 127 cm³/mol. The molecular formula is C24H31N7O5. The summed E-state index contributed by atoms with van der Waals surface area (Å²) < 4.78 is 12.9. The number of methoxy groups -OCH3 is 1. The van der Waals surface area contributed by atoms with Crippen LogP contribution in [-0.4, -0.2) is 112 Å². The Hall–Kier alpha value is -3.51. The lowest BCUT2D eigenvalue weighted by Gasteiger charge is -2.43. The van der Waals surface area contributed by atoms with Gasteiger partial charge in [-0.3, -0.25) is 19.3 Å². The molecule has 0 aliphatic carbocycles. The van der Waals surface area contributed by atoms with Crippen LogP contribution in [0.3, 0.4) is 0 Å². The van der Waals surface area contributed by atoms with Crippen LogP contribution in [0.1, 0.15) is 22.6 Å². The van der Waals surface area contributed by atoms with Crippen LogP contribution in [0.4, 0.5) is 0 Å². The quantitative estimate of drug-likeness (QED) is 0.587. The van der Waals surface area contributed by atoms with E-state index >= 15 is 0 Å². The lowest BCUT2D eigenvalue weighted by Crippen LogP contribution is -2.61. The second-order valence-electron chi connectivity index (χ2n) is 9.43. The highest BCUT2D eigenvalue weighted by Gasteiger charge is 2.43. The summed E-state index contributed by atoms with van der Waals surface area (Å²) >= 11 is 0. The molecule has 0 aromatic carbocycles. The van der Waals surface area contributed by atoms with Crippen LogP contribution in [0.15, 0.2) is 30.7 Å². The van der Waals surface area contributed by atoms with Crippen LogP contribution >= 0.6 is 0 Å². The molecule has 2 aromatic rings. The number of nitrogens with zero attached hydrogens (tertiary/aromatic N) is 6. The molecule has 12 heteroatoms. The highest BCUT2D eigenvalue weighted by molar-refractivity contribution is 5.96. The molecular weight excluding hydrogens is 466 g/mol. The number of hydrogen-bond acceptors (Lipinski definition) is 8. The van der Waals surface area contributed by atoms with Crippen molar-refractivity contribution in [3.05, 3.63) is 42.1 Å². The van der Waals surface area contributed by atoms with Gasteiger partial charge in [0.05, 0.1) is 18.6 Å². The predicted octanol–water partition coefficient (Wildman–Crippen LogP) is -0.734. The Morgan fingerprint density at radius 2 is 2.08 bits per heavy atom. The zero-order valence-corrected chi connectivity index (χ0v) is 20.5. The Labute approximate surface area is 209 Å². The van der Waals surface area contributed by atoms with E-state index in [1.807, 2.05) is 22.7 Å². The van der Waals surface area contributed by atoms with E-state index in [1.165, 1.54) is 7.11 Å². The molecule has 12 nitrogen and oxygen atoms in total. The monoisotopic (exact) mass is 497 g/mol. The molecule has 5 rings (SSSR count). The standard InChI is InChI=1S/C24H31N7O5/c1-28-7-6-25-20(28)13-30-11-16-10-19(30)24(34)31-9-8-29(21(32)15-35-2)12-17(31)14-36-23-18(22(33)27-16)4-3-5-26-23/h3-7,16-17,19H,8-15H2,1-2H3,(H,27,33)/t16-,17+,19+/m1/s1. The maximum Gasteiger partial charge on any atom is 0.257 e. The van der Waals surface area contributed by atoms with Crippen LogP contribution in [0, 0.1) is 0 Å². The first kappa shape index (κ1) is 24.2. The number of rotatable bonds is 4. The summed E-state index contributed by atoms with van der Waals surface area (Å²) in [5.41, 5.74) is 0.346. The fraction of sp³-hybridized carbons (Fsp3) is 0.542. The maximum atomic E-state index is 14.0. The van der Waals surface area contributed by atoms with Gasteiger partial charge in [0, 0.05) is 65.0 Å². The van der Waals surface area contributed by atoms with Crippen molar-refractivity contribution in [2.24, 2.45) is 7.05 Å². The summed E-state index contributed by atoms with van der Waals surface area (Å²) in [6.07, 6.45) is 5.66. The summed E-state index contributed by atoms with van der Waals surface area (Å²) in [6.45, 7) is 2.22. The van der Waals surface area contributed by atoms with Gasteiger partial charge in [-0.1, -0.05) is 0 Å².